The van der Waals surface area contributed by atoms with Crippen LogP contribution in [-0.2, 0) is 0 Å². The minimum Gasteiger partial charge on any atom is -0.0776 e. The van der Waals surface area contributed by atoms with Crippen molar-refractivity contribution in [1.29, 1.82) is 0 Å². The highest BCUT2D eigenvalue weighted by Gasteiger charge is 2.15. The molecule has 0 aromatic heterocycles. The standard InChI is InChI=1S/C28H24.3CH4/c1-21-13-17-25(18-14-21)27(23-9-5-3-6-10-23)28(24-11-7-4-8-12-24)26-19-15-22(2)16-20-26;;;/h3-20H,1-2H3;3*1H4/b28-27+;;;. The fourth-order valence-electron chi connectivity index (χ4n) is 3.56. The summed E-state index contributed by atoms with van der Waals surface area (Å²) in [6.07, 6.45) is 0. The number of hydrogen-bond acceptors (Lipinski definition) is 0. The molecule has 0 spiro atoms. The van der Waals surface area contributed by atoms with E-state index in [2.05, 4.69) is 123 Å². The summed E-state index contributed by atoms with van der Waals surface area (Å²) in [5, 5.41) is 0. The van der Waals surface area contributed by atoms with Crippen molar-refractivity contribution in [1.82, 2.24) is 0 Å². The topological polar surface area (TPSA) is 0 Å². The van der Waals surface area contributed by atoms with Gasteiger partial charge in [0.15, 0.2) is 0 Å². The van der Waals surface area contributed by atoms with Gasteiger partial charge < -0.3 is 0 Å². The smallest absolute Gasteiger partial charge is 0.00268 e. The predicted molar refractivity (Wildman–Crippen MR) is 140 cm³/mol. The van der Waals surface area contributed by atoms with Gasteiger partial charge in [-0.25, -0.2) is 0 Å². The van der Waals surface area contributed by atoms with E-state index in [4.69, 9.17) is 0 Å². The molecule has 0 saturated carbocycles. The highest BCUT2D eigenvalue weighted by atomic mass is 14.2. The van der Waals surface area contributed by atoms with Gasteiger partial charge in [0.2, 0.25) is 0 Å². The van der Waals surface area contributed by atoms with E-state index in [9.17, 15) is 0 Å². The minimum atomic E-state index is 0. The minimum absolute atomic E-state index is 0. The van der Waals surface area contributed by atoms with E-state index in [1.54, 1.807) is 0 Å². The van der Waals surface area contributed by atoms with Crippen LogP contribution in [0, 0.1) is 13.8 Å². The zero-order valence-electron chi connectivity index (χ0n) is 16.4. The molecule has 0 N–H and O–H groups in total. The molecule has 0 aliphatic carbocycles. The van der Waals surface area contributed by atoms with E-state index >= 15 is 0 Å². The van der Waals surface area contributed by atoms with Crippen LogP contribution in [-0.4, -0.2) is 0 Å². The molecule has 0 atom stereocenters. The van der Waals surface area contributed by atoms with Gasteiger partial charge in [-0.15, -0.1) is 0 Å². The maximum Gasteiger partial charge on any atom is -0.00268 e. The quantitative estimate of drug-likeness (QED) is 0.295. The van der Waals surface area contributed by atoms with Crippen LogP contribution in [0.4, 0.5) is 0 Å². The maximum absolute atomic E-state index is 2.23. The highest BCUT2D eigenvalue weighted by molar-refractivity contribution is 6.04. The summed E-state index contributed by atoms with van der Waals surface area (Å²) in [4.78, 5) is 0. The molecule has 4 aromatic carbocycles. The molecule has 0 aliphatic heterocycles. The highest BCUT2D eigenvalue weighted by Crippen LogP contribution is 2.36. The molecule has 0 saturated heterocycles. The Hall–Kier alpha value is -3.38. The zero-order chi connectivity index (χ0) is 19.3. The molecule has 160 valence electrons. The molecular formula is C31H36. The molecule has 4 rings (SSSR count). The third-order valence-electron chi connectivity index (χ3n) is 5.06. The lowest BCUT2D eigenvalue weighted by Crippen LogP contribution is -1.97. The average molecular weight is 409 g/mol. The number of aryl methyl sites for hydroxylation is 2. The molecule has 0 nitrogen and oxygen atoms in total. The first-order chi connectivity index (χ1) is 13.7. The van der Waals surface area contributed by atoms with Crippen molar-refractivity contribution in [3.63, 3.8) is 0 Å². The van der Waals surface area contributed by atoms with E-state index in [-0.39, 0.29) is 22.3 Å². The molecule has 0 heterocycles. The van der Waals surface area contributed by atoms with Crippen LogP contribution >= 0.6 is 0 Å². The molecule has 0 unspecified atom stereocenters. The average Bonchev–Trinajstić information content (AvgIpc) is 2.75. The van der Waals surface area contributed by atoms with Gasteiger partial charge in [-0.2, -0.15) is 0 Å². The van der Waals surface area contributed by atoms with Crippen LogP contribution in [0.1, 0.15) is 55.7 Å². The number of hydrogen-bond donors (Lipinski definition) is 0. The molecule has 0 bridgehead atoms. The first kappa shape index (κ1) is 25.7. The Morgan fingerprint density at radius 3 is 0.903 bits per heavy atom. The van der Waals surface area contributed by atoms with Crippen LogP contribution < -0.4 is 0 Å². The fraction of sp³-hybridized carbons (Fsp3) is 0.161. The Bertz CT molecular complexity index is 977. The van der Waals surface area contributed by atoms with Crippen LogP contribution in [0.5, 0.6) is 0 Å². The number of rotatable bonds is 4. The van der Waals surface area contributed by atoms with Gasteiger partial charge in [-0.1, -0.05) is 143 Å². The Labute approximate surface area is 189 Å². The molecule has 0 aliphatic rings. The molecule has 0 radical (unpaired) electrons. The maximum atomic E-state index is 2.23. The van der Waals surface area contributed by atoms with Gasteiger partial charge in [-0.3, -0.25) is 0 Å². The van der Waals surface area contributed by atoms with Crippen molar-refractivity contribution in [2.45, 2.75) is 36.1 Å². The summed E-state index contributed by atoms with van der Waals surface area (Å²) in [5.74, 6) is 0. The summed E-state index contributed by atoms with van der Waals surface area (Å²) in [7, 11) is 0. The van der Waals surface area contributed by atoms with Crippen LogP contribution in [0.15, 0.2) is 109 Å². The third-order valence-corrected chi connectivity index (χ3v) is 5.06. The van der Waals surface area contributed by atoms with Crippen LogP contribution in [0.25, 0.3) is 11.1 Å². The van der Waals surface area contributed by atoms with E-state index < -0.39 is 0 Å². The molecule has 0 fully saturated rings. The lowest BCUT2D eigenvalue weighted by atomic mass is 9.85. The second-order valence-corrected chi connectivity index (χ2v) is 7.21. The second-order valence-electron chi connectivity index (χ2n) is 7.21. The van der Waals surface area contributed by atoms with Gasteiger partial charge in [0.05, 0.1) is 0 Å². The Balaban J connectivity index is 0.00000160. The van der Waals surface area contributed by atoms with Crippen molar-refractivity contribution < 1.29 is 0 Å². The Morgan fingerprint density at radius 1 is 0.355 bits per heavy atom. The van der Waals surface area contributed by atoms with Crippen molar-refractivity contribution in [3.8, 4) is 0 Å². The SMILES string of the molecule is C.C.C.Cc1ccc(/C(=C(\c2ccccc2)c2ccc(C)cc2)c2ccccc2)cc1. The van der Waals surface area contributed by atoms with E-state index in [0.29, 0.717) is 0 Å². The first-order valence-corrected chi connectivity index (χ1v) is 9.71. The Kier molecular flexibility index (Phi) is 9.70. The summed E-state index contributed by atoms with van der Waals surface area (Å²) >= 11 is 0. The summed E-state index contributed by atoms with van der Waals surface area (Å²) in [6, 6.07) is 39.1. The Morgan fingerprint density at radius 2 is 0.613 bits per heavy atom. The van der Waals surface area contributed by atoms with Gasteiger partial charge in [0.25, 0.3) is 0 Å². The van der Waals surface area contributed by atoms with Crippen LogP contribution in [0.2, 0.25) is 0 Å². The van der Waals surface area contributed by atoms with Gasteiger partial charge in [-0.05, 0) is 47.2 Å². The zero-order valence-corrected chi connectivity index (χ0v) is 16.4. The van der Waals surface area contributed by atoms with Crippen LogP contribution in [0.3, 0.4) is 0 Å². The van der Waals surface area contributed by atoms with Gasteiger partial charge in [0, 0.05) is 0 Å². The molecule has 4 aromatic rings. The van der Waals surface area contributed by atoms with Gasteiger partial charge in [0.1, 0.15) is 0 Å². The molecule has 0 amide bonds. The summed E-state index contributed by atoms with van der Waals surface area (Å²) < 4.78 is 0. The second kappa shape index (κ2) is 11.7. The van der Waals surface area contributed by atoms with Crippen molar-refractivity contribution in [2.75, 3.05) is 0 Å². The monoisotopic (exact) mass is 408 g/mol. The van der Waals surface area contributed by atoms with Crippen molar-refractivity contribution in [3.05, 3.63) is 143 Å². The van der Waals surface area contributed by atoms with Crippen molar-refractivity contribution in [2.24, 2.45) is 0 Å². The number of benzene rings is 4. The van der Waals surface area contributed by atoms with Crippen molar-refractivity contribution >= 4 is 11.1 Å². The summed E-state index contributed by atoms with van der Waals surface area (Å²) in [5.41, 5.74) is 9.98. The molecule has 31 heavy (non-hydrogen) atoms. The van der Waals surface area contributed by atoms with E-state index in [1.165, 1.54) is 44.5 Å². The summed E-state index contributed by atoms with van der Waals surface area (Å²) in [6.45, 7) is 4.27. The molecular weight excluding hydrogens is 372 g/mol. The third kappa shape index (κ3) is 5.83. The predicted octanol–water partition coefficient (Wildman–Crippen LogP) is 9.22. The lowest BCUT2D eigenvalue weighted by molar-refractivity contribution is 1.43. The normalized spacial score (nSPS) is 10.6. The van der Waals surface area contributed by atoms with Gasteiger partial charge >= 0.3 is 0 Å². The molecule has 0 heteroatoms. The fourth-order valence-corrected chi connectivity index (χ4v) is 3.56. The van der Waals surface area contributed by atoms with E-state index in [1.807, 2.05) is 0 Å². The first-order valence-electron chi connectivity index (χ1n) is 9.71. The largest absolute Gasteiger partial charge is 0.0776 e. The lowest BCUT2D eigenvalue weighted by Gasteiger charge is -2.18. The van der Waals surface area contributed by atoms with E-state index in [0.717, 1.165) is 0 Å².